The minimum Gasteiger partial charge on any atom is -0.383 e. The van der Waals surface area contributed by atoms with Crippen molar-refractivity contribution in [2.75, 3.05) is 5.73 Å². The highest BCUT2D eigenvalue weighted by Crippen LogP contribution is 2.37. The van der Waals surface area contributed by atoms with E-state index >= 15 is 0 Å². The van der Waals surface area contributed by atoms with E-state index in [0.29, 0.717) is 6.04 Å². The average Bonchev–Trinajstić information content (AvgIpc) is 2.56. The van der Waals surface area contributed by atoms with Crippen molar-refractivity contribution in [3.05, 3.63) is 9.26 Å². The van der Waals surface area contributed by atoms with Crippen LogP contribution in [0.5, 0.6) is 0 Å². The number of anilines is 1. The summed E-state index contributed by atoms with van der Waals surface area (Å²) in [6.45, 7) is 6.68. The van der Waals surface area contributed by atoms with Crippen LogP contribution in [0.25, 0.3) is 0 Å². The van der Waals surface area contributed by atoms with Gasteiger partial charge >= 0.3 is 0 Å². The summed E-state index contributed by atoms with van der Waals surface area (Å²) in [4.78, 5) is 0. The smallest absolute Gasteiger partial charge is 0.135 e. The number of aryl methyl sites for hydroxylation is 1. The van der Waals surface area contributed by atoms with Gasteiger partial charge in [-0.15, -0.1) is 0 Å². The summed E-state index contributed by atoms with van der Waals surface area (Å²) in [5.74, 6) is 2.51. The van der Waals surface area contributed by atoms with Crippen LogP contribution in [0.1, 0.15) is 57.7 Å². The van der Waals surface area contributed by atoms with Gasteiger partial charge in [-0.05, 0) is 60.6 Å². The molecular formula is C14H24IN3. The maximum absolute atomic E-state index is 6.17. The second-order valence-corrected chi connectivity index (χ2v) is 7.12. The van der Waals surface area contributed by atoms with Crippen LogP contribution in [0, 0.1) is 22.3 Å². The number of hydrogen-bond donors (Lipinski definition) is 1. The summed E-state index contributed by atoms with van der Waals surface area (Å²) in [6, 6.07) is 0.518. The van der Waals surface area contributed by atoms with E-state index in [1.807, 2.05) is 6.92 Å². The Bertz CT molecular complexity index is 411. The molecule has 1 saturated carbocycles. The molecule has 1 aromatic heterocycles. The summed E-state index contributed by atoms with van der Waals surface area (Å²) in [6.07, 6.45) is 6.52. The quantitative estimate of drug-likeness (QED) is 0.822. The Hall–Kier alpha value is -0.260. The summed E-state index contributed by atoms with van der Waals surface area (Å²) >= 11 is 2.30. The zero-order valence-electron chi connectivity index (χ0n) is 11.6. The first-order valence-electron chi connectivity index (χ1n) is 6.99. The largest absolute Gasteiger partial charge is 0.383 e. The van der Waals surface area contributed by atoms with Crippen LogP contribution in [0.2, 0.25) is 0 Å². The number of aromatic nitrogens is 2. The molecule has 1 heterocycles. The van der Waals surface area contributed by atoms with Crippen LogP contribution in [-0.4, -0.2) is 9.78 Å². The second-order valence-electron chi connectivity index (χ2n) is 6.05. The van der Waals surface area contributed by atoms with Crippen molar-refractivity contribution in [1.29, 1.82) is 0 Å². The molecule has 0 bridgehead atoms. The van der Waals surface area contributed by atoms with Crippen molar-refractivity contribution < 1.29 is 0 Å². The number of nitrogens with zero attached hydrogens (tertiary/aromatic N) is 2. The first kappa shape index (κ1) is 14.2. The van der Waals surface area contributed by atoms with Gasteiger partial charge in [-0.3, -0.25) is 0 Å². The molecule has 1 fully saturated rings. The molecule has 1 aliphatic rings. The number of halogens is 1. The van der Waals surface area contributed by atoms with Gasteiger partial charge in [0.2, 0.25) is 0 Å². The molecule has 2 N–H and O–H groups in total. The van der Waals surface area contributed by atoms with Crippen molar-refractivity contribution in [2.24, 2.45) is 11.8 Å². The van der Waals surface area contributed by atoms with E-state index in [4.69, 9.17) is 5.73 Å². The Morgan fingerprint density at radius 3 is 2.72 bits per heavy atom. The van der Waals surface area contributed by atoms with E-state index in [1.165, 1.54) is 32.1 Å². The first-order chi connectivity index (χ1) is 8.49. The van der Waals surface area contributed by atoms with Crippen LogP contribution in [-0.2, 0) is 0 Å². The highest BCUT2D eigenvalue weighted by molar-refractivity contribution is 14.1. The summed E-state index contributed by atoms with van der Waals surface area (Å²) in [5, 5.41) is 4.63. The molecular weight excluding hydrogens is 337 g/mol. The molecule has 1 aromatic rings. The zero-order chi connectivity index (χ0) is 13.3. The number of nitrogens with two attached hydrogens (primary N) is 1. The van der Waals surface area contributed by atoms with Crippen LogP contribution < -0.4 is 5.73 Å². The minimum absolute atomic E-state index is 0.518. The fraction of sp³-hybridized carbons (Fsp3) is 0.786. The van der Waals surface area contributed by atoms with E-state index in [9.17, 15) is 0 Å². The van der Waals surface area contributed by atoms with Gasteiger partial charge in [0.15, 0.2) is 0 Å². The maximum Gasteiger partial charge on any atom is 0.135 e. The van der Waals surface area contributed by atoms with Gasteiger partial charge in [0.05, 0.1) is 15.3 Å². The molecule has 102 valence electrons. The lowest BCUT2D eigenvalue weighted by Gasteiger charge is -2.30. The number of nitrogen functional groups attached to an aromatic ring is 1. The second kappa shape index (κ2) is 5.80. The van der Waals surface area contributed by atoms with Crippen LogP contribution >= 0.6 is 22.6 Å². The molecule has 0 spiro atoms. The Morgan fingerprint density at radius 2 is 2.17 bits per heavy atom. The van der Waals surface area contributed by atoms with E-state index in [0.717, 1.165) is 26.9 Å². The van der Waals surface area contributed by atoms with Gasteiger partial charge < -0.3 is 5.73 Å². The van der Waals surface area contributed by atoms with Gasteiger partial charge in [-0.2, -0.15) is 5.10 Å². The minimum atomic E-state index is 0.518. The monoisotopic (exact) mass is 361 g/mol. The lowest BCUT2D eigenvalue weighted by atomic mass is 9.81. The fourth-order valence-corrected chi connectivity index (χ4v) is 3.54. The van der Waals surface area contributed by atoms with Crippen molar-refractivity contribution in [3.63, 3.8) is 0 Å². The fourth-order valence-electron chi connectivity index (χ4n) is 3.19. The Balaban J connectivity index is 2.10. The Morgan fingerprint density at radius 1 is 1.44 bits per heavy atom. The number of rotatable bonds is 3. The maximum atomic E-state index is 6.17. The molecule has 4 heteroatoms. The van der Waals surface area contributed by atoms with Crippen molar-refractivity contribution in [3.8, 4) is 0 Å². The SMILES string of the molecule is Cc1nn(C2CCCC(CC(C)C)C2)c(N)c1I. The predicted molar refractivity (Wildman–Crippen MR) is 84.5 cm³/mol. The molecule has 18 heavy (non-hydrogen) atoms. The summed E-state index contributed by atoms with van der Waals surface area (Å²) in [5.41, 5.74) is 7.24. The Kier molecular flexibility index (Phi) is 4.56. The van der Waals surface area contributed by atoms with Crippen LogP contribution in [0.4, 0.5) is 5.82 Å². The number of hydrogen-bond acceptors (Lipinski definition) is 2. The van der Waals surface area contributed by atoms with E-state index < -0.39 is 0 Å². The van der Waals surface area contributed by atoms with Crippen molar-refractivity contribution in [1.82, 2.24) is 9.78 Å². The van der Waals surface area contributed by atoms with Crippen molar-refractivity contribution >= 4 is 28.4 Å². The van der Waals surface area contributed by atoms with Crippen LogP contribution in [0.3, 0.4) is 0 Å². The van der Waals surface area contributed by atoms with Gasteiger partial charge in [0.1, 0.15) is 5.82 Å². The molecule has 0 aliphatic heterocycles. The lowest BCUT2D eigenvalue weighted by Crippen LogP contribution is -2.22. The third-order valence-corrected chi connectivity index (χ3v) is 5.29. The zero-order valence-corrected chi connectivity index (χ0v) is 13.8. The summed E-state index contributed by atoms with van der Waals surface area (Å²) in [7, 11) is 0. The predicted octanol–water partition coefficient (Wildman–Crippen LogP) is 4.16. The average molecular weight is 361 g/mol. The first-order valence-corrected chi connectivity index (χ1v) is 8.07. The normalized spacial score (nSPS) is 24.7. The molecule has 0 radical (unpaired) electrons. The lowest BCUT2D eigenvalue weighted by molar-refractivity contribution is 0.228. The van der Waals surface area contributed by atoms with Gasteiger partial charge in [-0.25, -0.2) is 4.68 Å². The molecule has 0 saturated heterocycles. The summed E-state index contributed by atoms with van der Waals surface area (Å²) < 4.78 is 3.21. The van der Waals surface area contributed by atoms with E-state index in [1.54, 1.807) is 0 Å². The van der Waals surface area contributed by atoms with E-state index in [2.05, 4.69) is 46.2 Å². The topological polar surface area (TPSA) is 43.8 Å². The van der Waals surface area contributed by atoms with Gasteiger partial charge in [0, 0.05) is 0 Å². The molecule has 0 aromatic carbocycles. The van der Waals surface area contributed by atoms with E-state index in [-0.39, 0.29) is 0 Å². The molecule has 2 unspecified atom stereocenters. The standard InChI is InChI=1S/C14H24IN3/c1-9(2)7-11-5-4-6-12(8-11)18-14(16)13(15)10(3)17-18/h9,11-12H,4-8,16H2,1-3H3. The molecule has 3 nitrogen and oxygen atoms in total. The molecule has 0 amide bonds. The Labute approximate surface area is 124 Å². The third-order valence-electron chi connectivity index (χ3n) is 3.95. The van der Waals surface area contributed by atoms with Gasteiger partial charge in [-0.1, -0.05) is 26.7 Å². The molecule has 1 aliphatic carbocycles. The highest BCUT2D eigenvalue weighted by Gasteiger charge is 2.26. The van der Waals surface area contributed by atoms with Crippen LogP contribution in [0.15, 0.2) is 0 Å². The molecule has 2 atom stereocenters. The highest BCUT2D eigenvalue weighted by atomic mass is 127. The third kappa shape index (κ3) is 3.00. The van der Waals surface area contributed by atoms with Crippen molar-refractivity contribution in [2.45, 2.75) is 58.9 Å². The molecule has 2 rings (SSSR count). The van der Waals surface area contributed by atoms with Gasteiger partial charge in [0.25, 0.3) is 0 Å².